The Morgan fingerprint density at radius 1 is 1.19 bits per heavy atom. The predicted molar refractivity (Wildman–Crippen MR) is 81.8 cm³/mol. The van der Waals surface area contributed by atoms with Gasteiger partial charge in [-0.25, -0.2) is 4.68 Å². The molecule has 0 saturated heterocycles. The molecular weight excluding hydrogens is 286 g/mol. The van der Waals surface area contributed by atoms with Crippen molar-refractivity contribution in [2.75, 3.05) is 11.9 Å². The number of nitrogens with zero attached hydrogens (tertiary/aromatic N) is 4. The maximum absolute atomic E-state index is 6.30. The Bertz CT molecular complexity index is 797. The first-order chi connectivity index (χ1) is 10.3. The average Bonchev–Trinajstić information content (AvgIpc) is 3.11. The zero-order valence-electron chi connectivity index (χ0n) is 11.1. The number of fused-ring (bicyclic) bond motifs is 1. The zero-order chi connectivity index (χ0) is 14.2. The van der Waals surface area contributed by atoms with E-state index in [1.807, 2.05) is 28.9 Å². The molecule has 21 heavy (non-hydrogen) atoms. The number of nitrogens with one attached hydrogen (secondary N) is 1. The summed E-state index contributed by atoms with van der Waals surface area (Å²) in [5, 5.41) is 8.75. The van der Waals surface area contributed by atoms with Gasteiger partial charge < -0.3 is 5.32 Å². The molecule has 0 radical (unpaired) electrons. The van der Waals surface area contributed by atoms with Crippen LogP contribution in [0.3, 0.4) is 0 Å². The Kier molecular flexibility index (Phi) is 2.86. The molecule has 6 heteroatoms. The molecule has 0 unspecified atom stereocenters. The van der Waals surface area contributed by atoms with Crippen LogP contribution in [0, 0.1) is 0 Å². The van der Waals surface area contributed by atoms with Gasteiger partial charge in [0.25, 0.3) is 0 Å². The standard InChI is InChI=1S/C15H12ClN5/c16-11-3-1-2-4-13(11)21-15-10(5-6-19-15)14(20-21)12-9-17-7-8-18-12/h1-4,7-9,19H,5-6H2. The molecule has 0 amide bonds. The van der Waals surface area contributed by atoms with Crippen molar-refractivity contribution in [3.8, 4) is 17.1 Å². The maximum atomic E-state index is 6.30. The fourth-order valence-corrected chi connectivity index (χ4v) is 2.82. The van der Waals surface area contributed by atoms with Crippen LogP contribution >= 0.6 is 11.6 Å². The van der Waals surface area contributed by atoms with Crippen molar-refractivity contribution >= 4 is 17.4 Å². The normalized spacial score (nSPS) is 13.0. The van der Waals surface area contributed by atoms with E-state index in [0.717, 1.165) is 41.4 Å². The highest BCUT2D eigenvalue weighted by Crippen LogP contribution is 2.34. The van der Waals surface area contributed by atoms with E-state index in [9.17, 15) is 0 Å². The number of halogens is 1. The monoisotopic (exact) mass is 297 g/mol. The Balaban J connectivity index is 1.93. The van der Waals surface area contributed by atoms with E-state index in [2.05, 4.69) is 15.3 Å². The van der Waals surface area contributed by atoms with Crippen LogP contribution in [0.2, 0.25) is 5.02 Å². The summed E-state index contributed by atoms with van der Waals surface area (Å²) in [4.78, 5) is 8.48. The van der Waals surface area contributed by atoms with Gasteiger partial charge in [0.15, 0.2) is 0 Å². The summed E-state index contributed by atoms with van der Waals surface area (Å²) in [6, 6.07) is 7.68. The van der Waals surface area contributed by atoms with Crippen molar-refractivity contribution < 1.29 is 0 Å². The Hall–Kier alpha value is -2.40. The van der Waals surface area contributed by atoms with Crippen molar-refractivity contribution in [2.45, 2.75) is 6.42 Å². The highest BCUT2D eigenvalue weighted by atomic mass is 35.5. The molecule has 2 aromatic heterocycles. The van der Waals surface area contributed by atoms with Crippen molar-refractivity contribution in [1.82, 2.24) is 19.7 Å². The van der Waals surface area contributed by atoms with Crippen LogP contribution in [0.15, 0.2) is 42.9 Å². The highest BCUT2D eigenvalue weighted by Gasteiger charge is 2.25. The van der Waals surface area contributed by atoms with Crippen molar-refractivity contribution in [1.29, 1.82) is 0 Å². The number of hydrogen-bond acceptors (Lipinski definition) is 4. The highest BCUT2D eigenvalue weighted by molar-refractivity contribution is 6.32. The van der Waals surface area contributed by atoms with Crippen molar-refractivity contribution in [3.05, 3.63) is 53.4 Å². The van der Waals surface area contributed by atoms with Gasteiger partial charge in [0.1, 0.15) is 17.2 Å². The second kappa shape index (κ2) is 4.86. The summed E-state index contributed by atoms with van der Waals surface area (Å²) in [6.45, 7) is 0.894. The third kappa shape index (κ3) is 1.97. The number of aromatic nitrogens is 4. The van der Waals surface area contributed by atoms with Crippen LogP contribution in [0.25, 0.3) is 17.1 Å². The van der Waals surface area contributed by atoms with E-state index in [1.54, 1.807) is 18.6 Å². The zero-order valence-corrected chi connectivity index (χ0v) is 11.9. The molecule has 0 spiro atoms. The van der Waals surface area contributed by atoms with Gasteiger partial charge in [0.2, 0.25) is 0 Å². The molecule has 1 aliphatic heterocycles. The fraction of sp³-hybridized carbons (Fsp3) is 0.133. The van der Waals surface area contributed by atoms with Crippen molar-refractivity contribution in [3.63, 3.8) is 0 Å². The van der Waals surface area contributed by atoms with Gasteiger partial charge in [-0.1, -0.05) is 23.7 Å². The molecule has 3 aromatic rings. The predicted octanol–water partition coefficient (Wildman–Crippen LogP) is 2.95. The first-order valence-corrected chi connectivity index (χ1v) is 7.09. The molecular formula is C15H12ClN5. The summed E-state index contributed by atoms with van der Waals surface area (Å²) < 4.78 is 1.86. The van der Waals surface area contributed by atoms with E-state index in [1.165, 1.54) is 0 Å². The smallest absolute Gasteiger partial charge is 0.133 e. The fourth-order valence-electron chi connectivity index (χ4n) is 2.60. The third-order valence-electron chi connectivity index (χ3n) is 3.54. The molecule has 5 nitrogen and oxygen atoms in total. The van der Waals surface area contributed by atoms with Gasteiger partial charge in [0, 0.05) is 24.5 Å². The largest absolute Gasteiger partial charge is 0.369 e. The summed E-state index contributed by atoms with van der Waals surface area (Å²) in [5.74, 6) is 0.990. The lowest BCUT2D eigenvalue weighted by atomic mass is 10.1. The topological polar surface area (TPSA) is 55.6 Å². The minimum Gasteiger partial charge on any atom is -0.369 e. The van der Waals surface area contributed by atoms with Crippen LogP contribution in [0.5, 0.6) is 0 Å². The minimum atomic E-state index is 0.669. The number of anilines is 1. The Labute approximate surface area is 126 Å². The van der Waals surface area contributed by atoms with Gasteiger partial charge in [0.05, 0.1) is 16.9 Å². The molecule has 4 rings (SSSR count). The second-order valence-electron chi connectivity index (χ2n) is 4.81. The van der Waals surface area contributed by atoms with Gasteiger partial charge in [-0.2, -0.15) is 5.10 Å². The number of hydrogen-bond donors (Lipinski definition) is 1. The van der Waals surface area contributed by atoms with Gasteiger partial charge in [-0.3, -0.25) is 9.97 Å². The SMILES string of the molecule is Clc1ccccc1-n1nc(-c2cnccn2)c2c1NCC2. The molecule has 0 fully saturated rings. The molecule has 0 saturated carbocycles. The summed E-state index contributed by atoms with van der Waals surface area (Å²) in [6.07, 6.45) is 6.00. The summed E-state index contributed by atoms with van der Waals surface area (Å²) in [5.41, 5.74) is 3.67. The van der Waals surface area contributed by atoms with E-state index in [-0.39, 0.29) is 0 Å². The van der Waals surface area contributed by atoms with E-state index in [0.29, 0.717) is 5.02 Å². The molecule has 104 valence electrons. The minimum absolute atomic E-state index is 0.669. The van der Waals surface area contributed by atoms with E-state index >= 15 is 0 Å². The van der Waals surface area contributed by atoms with Crippen LogP contribution in [0.4, 0.5) is 5.82 Å². The average molecular weight is 298 g/mol. The first-order valence-electron chi connectivity index (χ1n) is 6.71. The summed E-state index contributed by atoms with van der Waals surface area (Å²) in [7, 11) is 0. The molecule has 1 N–H and O–H groups in total. The lowest BCUT2D eigenvalue weighted by Crippen LogP contribution is -2.04. The first kappa shape index (κ1) is 12.3. The van der Waals surface area contributed by atoms with Gasteiger partial charge >= 0.3 is 0 Å². The number of rotatable bonds is 2. The lowest BCUT2D eigenvalue weighted by molar-refractivity contribution is 0.879. The van der Waals surface area contributed by atoms with Crippen LogP contribution < -0.4 is 5.32 Å². The van der Waals surface area contributed by atoms with E-state index in [4.69, 9.17) is 16.7 Å². The molecule has 0 bridgehead atoms. The second-order valence-corrected chi connectivity index (χ2v) is 5.21. The molecule has 1 aromatic carbocycles. The van der Waals surface area contributed by atoms with Crippen molar-refractivity contribution in [2.24, 2.45) is 0 Å². The lowest BCUT2D eigenvalue weighted by Gasteiger charge is -2.07. The molecule has 0 aliphatic carbocycles. The Morgan fingerprint density at radius 2 is 2.10 bits per heavy atom. The molecule has 1 aliphatic rings. The molecule has 3 heterocycles. The van der Waals surface area contributed by atoms with Gasteiger partial charge in [-0.05, 0) is 18.6 Å². The third-order valence-corrected chi connectivity index (χ3v) is 3.86. The van der Waals surface area contributed by atoms with Crippen LogP contribution in [-0.4, -0.2) is 26.3 Å². The molecule has 0 atom stereocenters. The number of benzene rings is 1. The quantitative estimate of drug-likeness (QED) is 0.790. The summed E-state index contributed by atoms with van der Waals surface area (Å²) >= 11 is 6.30. The van der Waals surface area contributed by atoms with E-state index < -0.39 is 0 Å². The number of para-hydroxylation sites is 1. The van der Waals surface area contributed by atoms with Crippen LogP contribution in [0.1, 0.15) is 5.56 Å². The van der Waals surface area contributed by atoms with Gasteiger partial charge in [-0.15, -0.1) is 0 Å². The maximum Gasteiger partial charge on any atom is 0.133 e. The van der Waals surface area contributed by atoms with Crippen LogP contribution in [-0.2, 0) is 6.42 Å². The Morgan fingerprint density at radius 3 is 2.90 bits per heavy atom.